The highest BCUT2D eigenvalue weighted by molar-refractivity contribution is 14.1. The Balaban J connectivity index is 1.72. The molecule has 0 unspecified atom stereocenters. The maximum absolute atomic E-state index is 2.51. The minimum absolute atomic E-state index is 1.17. The molecule has 9 aromatic rings. The Hall–Kier alpha value is -4.55. The van der Waals surface area contributed by atoms with Crippen LogP contribution in [0.2, 0.25) is 0 Å². The van der Waals surface area contributed by atoms with E-state index >= 15 is 0 Å². The molecular weight excluding hydrogens is 601 g/mol. The van der Waals surface area contributed by atoms with Gasteiger partial charge < -0.3 is 9.13 Å². The van der Waals surface area contributed by atoms with Gasteiger partial charge in [-0.3, -0.25) is 2.78 Å². The monoisotopic (exact) mass is 623 g/mol. The molecule has 4 heteroatoms. The van der Waals surface area contributed by atoms with E-state index in [0.29, 0.717) is 0 Å². The maximum atomic E-state index is 2.51. The fourth-order valence-electron chi connectivity index (χ4n) is 6.79. The predicted octanol–water partition coefficient (Wildman–Crippen LogP) is 10.2. The van der Waals surface area contributed by atoms with Crippen LogP contribution in [0.25, 0.3) is 76.8 Å². The summed E-state index contributed by atoms with van der Waals surface area (Å²) >= 11 is 2.51. The van der Waals surface area contributed by atoms with Crippen LogP contribution in [0.15, 0.2) is 133 Å². The number of benzene rings is 6. The minimum atomic E-state index is 1.17. The quantitative estimate of drug-likeness (QED) is 0.170. The lowest BCUT2D eigenvalue weighted by molar-refractivity contribution is 1.18. The first-order valence-corrected chi connectivity index (χ1v) is 14.5. The molecule has 3 aromatic heterocycles. The Morgan fingerprint density at radius 2 is 0.750 bits per heavy atom. The minimum Gasteiger partial charge on any atom is -0.309 e. The summed E-state index contributed by atoms with van der Waals surface area (Å²) in [6.07, 6.45) is 0. The smallest absolute Gasteiger partial charge is 0.0845 e. The molecule has 0 fully saturated rings. The summed E-state index contributed by atoms with van der Waals surface area (Å²) in [5, 5.41) is 7.71. The van der Waals surface area contributed by atoms with E-state index in [1.165, 1.54) is 76.8 Å². The van der Waals surface area contributed by atoms with Gasteiger partial charge in [-0.2, -0.15) is 0 Å². The average molecular weight is 623 g/mol. The summed E-state index contributed by atoms with van der Waals surface area (Å²) in [6, 6.07) is 48.2. The molecule has 0 saturated carbocycles. The first-order chi connectivity index (χ1) is 19.8. The molecule has 0 atom stereocenters. The van der Waals surface area contributed by atoms with Gasteiger partial charge >= 0.3 is 0 Å². The van der Waals surface area contributed by atoms with E-state index in [1.807, 2.05) is 0 Å². The topological polar surface area (TPSA) is 14.8 Å². The Morgan fingerprint density at radius 3 is 1.32 bits per heavy atom. The van der Waals surface area contributed by atoms with Crippen molar-refractivity contribution in [1.29, 1.82) is 0 Å². The van der Waals surface area contributed by atoms with Gasteiger partial charge in [0, 0.05) is 43.7 Å². The molecule has 40 heavy (non-hydrogen) atoms. The number of aromatic nitrogens is 3. The Bertz CT molecular complexity index is 2430. The number of rotatable bonds is 2. The van der Waals surface area contributed by atoms with Crippen molar-refractivity contribution in [3.63, 3.8) is 0 Å². The number of para-hydroxylation sites is 5. The summed E-state index contributed by atoms with van der Waals surface area (Å²) in [4.78, 5) is 0. The number of hydrogen-bond donors (Lipinski definition) is 0. The third-order valence-corrected chi connectivity index (χ3v) is 9.31. The van der Waals surface area contributed by atoms with E-state index < -0.39 is 0 Å². The highest BCUT2D eigenvalue weighted by atomic mass is 127. The van der Waals surface area contributed by atoms with E-state index in [9.17, 15) is 0 Å². The summed E-state index contributed by atoms with van der Waals surface area (Å²) < 4.78 is 7.32. The van der Waals surface area contributed by atoms with Gasteiger partial charge in [-0.05, 0) is 42.5 Å². The fourth-order valence-corrected chi connectivity index (χ4v) is 7.68. The van der Waals surface area contributed by atoms with Crippen LogP contribution in [0.5, 0.6) is 0 Å². The lowest BCUT2D eigenvalue weighted by atomic mass is 10.0. The van der Waals surface area contributed by atoms with Crippen LogP contribution >= 0.6 is 22.9 Å². The van der Waals surface area contributed by atoms with Crippen molar-refractivity contribution >= 4 is 88.3 Å². The molecule has 0 N–H and O–H groups in total. The Morgan fingerprint density at radius 1 is 0.350 bits per heavy atom. The molecule has 3 nitrogen and oxygen atoms in total. The molecule has 0 spiro atoms. The second-order valence-corrected chi connectivity index (χ2v) is 11.3. The molecule has 0 bridgehead atoms. The Kier molecular flexibility index (Phi) is 4.58. The van der Waals surface area contributed by atoms with Gasteiger partial charge in [-0.25, -0.2) is 0 Å². The van der Waals surface area contributed by atoms with Crippen LogP contribution in [0.3, 0.4) is 0 Å². The van der Waals surface area contributed by atoms with Crippen LogP contribution in [0.4, 0.5) is 0 Å². The van der Waals surface area contributed by atoms with Gasteiger partial charge in [0.05, 0.1) is 56.0 Å². The number of fused-ring (bicyclic) bond motifs is 12. The lowest BCUT2D eigenvalue weighted by Gasteiger charge is -2.12. The van der Waals surface area contributed by atoms with Crippen molar-refractivity contribution in [2.24, 2.45) is 0 Å². The largest absolute Gasteiger partial charge is 0.309 e. The predicted molar refractivity (Wildman–Crippen MR) is 178 cm³/mol. The average Bonchev–Trinajstić information content (AvgIpc) is 3.64. The third kappa shape index (κ3) is 2.79. The molecule has 3 heterocycles. The molecule has 6 aromatic carbocycles. The molecule has 9 rings (SSSR count). The van der Waals surface area contributed by atoms with Gasteiger partial charge in [-0.15, -0.1) is 0 Å². The van der Waals surface area contributed by atoms with Crippen LogP contribution < -0.4 is 0 Å². The molecule has 188 valence electrons. The third-order valence-electron chi connectivity index (χ3n) is 8.31. The standard InChI is InChI=1S/C36H22IN3/c37-40-30-22-12-9-19-27(30)32-31-25-17-7-10-20-28(25)38(23-13-3-1-4-14-23)34(31)33-26-18-8-11-21-29(26)39(35(33)36(32)40)24-15-5-2-6-16-24/h1-22H. The van der Waals surface area contributed by atoms with Crippen molar-refractivity contribution in [1.82, 2.24) is 11.9 Å². The maximum Gasteiger partial charge on any atom is 0.0845 e. The molecule has 0 radical (unpaired) electrons. The molecule has 0 aliphatic carbocycles. The van der Waals surface area contributed by atoms with Gasteiger partial charge in [0.1, 0.15) is 0 Å². The normalized spacial score (nSPS) is 12.1. The van der Waals surface area contributed by atoms with Crippen LogP contribution in [0.1, 0.15) is 0 Å². The van der Waals surface area contributed by atoms with Crippen molar-refractivity contribution in [2.75, 3.05) is 0 Å². The number of hydrogen-bond acceptors (Lipinski definition) is 0. The van der Waals surface area contributed by atoms with Crippen molar-refractivity contribution in [3.8, 4) is 11.4 Å². The second-order valence-electron chi connectivity index (χ2n) is 10.3. The molecule has 0 aliphatic rings. The van der Waals surface area contributed by atoms with Crippen molar-refractivity contribution in [2.45, 2.75) is 0 Å². The molecule has 0 aliphatic heterocycles. The zero-order chi connectivity index (χ0) is 26.4. The van der Waals surface area contributed by atoms with E-state index in [2.05, 4.69) is 168 Å². The van der Waals surface area contributed by atoms with Gasteiger partial charge in [0.2, 0.25) is 0 Å². The summed E-state index contributed by atoms with van der Waals surface area (Å²) in [7, 11) is 0. The van der Waals surface area contributed by atoms with E-state index in [1.54, 1.807) is 0 Å². The fraction of sp³-hybridized carbons (Fsp3) is 0. The van der Waals surface area contributed by atoms with E-state index in [4.69, 9.17) is 0 Å². The highest BCUT2D eigenvalue weighted by Gasteiger charge is 2.27. The van der Waals surface area contributed by atoms with Crippen molar-refractivity contribution < 1.29 is 0 Å². The molecule has 0 amide bonds. The van der Waals surface area contributed by atoms with E-state index in [0.717, 1.165) is 0 Å². The number of halogens is 1. The van der Waals surface area contributed by atoms with Crippen molar-refractivity contribution in [3.05, 3.63) is 133 Å². The first-order valence-electron chi connectivity index (χ1n) is 13.5. The van der Waals surface area contributed by atoms with Crippen LogP contribution in [-0.4, -0.2) is 11.9 Å². The summed E-state index contributed by atoms with van der Waals surface area (Å²) in [5.41, 5.74) is 9.74. The lowest BCUT2D eigenvalue weighted by Crippen LogP contribution is -1.97. The zero-order valence-electron chi connectivity index (χ0n) is 21.4. The highest BCUT2D eigenvalue weighted by Crippen LogP contribution is 2.49. The summed E-state index contributed by atoms with van der Waals surface area (Å²) in [6.45, 7) is 0. The summed E-state index contributed by atoms with van der Waals surface area (Å²) in [5.74, 6) is 0. The van der Waals surface area contributed by atoms with Crippen LogP contribution in [0, 0.1) is 0 Å². The molecular formula is C36H22IN3. The van der Waals surface area contributed by atoms with Gasteiger partial charge in [-0.1, -0.05) is 91.0 Å². The second kappa shape index (κ2) is 8.23. The Labute approximate surface area is 244 Å². The van der Waals surface area contributed by atoms with Gasteiger partial charge in [0.25, 0.3) is 0 Å². The van der Waals surface area contributed by atoms with Gasteiger partial charge in [0.15, 0.2) is 0 Å². The SMILES string of the molecule is In1c2ccccc2c2c3c4ccccc4n(-c4ccccc4)c3c3c4ccccc4n(-c4ccccc4)c3c21. The van der Waals surface area contributed by atoms with Crippen LogP contribution in [-0.2, 0) is 0 Å². The van der Waals surface area contributed by atoms with E-state index in [-0.39, 0.29) is 0 Å². The molecule has 0 saturated heterocycles. The number of nitrogens with zero attached hydrogens (tertiary/aromatic N) is 3. The first kappa shape index (κ1) is 22.3. The zero-order valence-corrected chi connectivity index (χ0v) is 23.6.